The highest BCUT2D eigenvalue weighted by atomic mass is 32.1. The fourth-order valence-corrected chi connectivity index (χ4v) is 10.9. The lowest BCUT2D eigenvalue weighted by atomic mass is 9.80. The summed E-state index contributed by atoms with van der Waals surface area (Å²) < 4.78 is 55.9. The van der Waals surface area contributed by atoms with Gasteiger partial charge in [0.25, 0.3) is 14.1 Å². The molecule has 0 radical (unpaired) electrons. The van der Waals surface area contributed by atoms with Crippen LogP contribution in [0.15, 0.2) is 89.9 Å². The summed E-state index contributed by atoms with van der Waals surface area (Å²) in [7, 11) is -0.0180. The van der Waals surface area contributed by atoms with Crippen LogP contribution in [0.25, 0.3) is 0 Å². The molecule has 1 aliphatic heterocycles. The molecule has 352 valence electrons. The van der Waals surface area contributed by atoms with Gasteiger partial charge in [-0.3, -0.25) is 19.1 Å². The van der Waals surface area contributed by atoms with Crippen molar-refractivity contribution in [2.24, 2.45) is 0 Å². The summed E-state index contributed by atoms with van der Waals surface area (Å²) in [6, 6.07) is 27.7. The number of hydrogen-bond acceptors (Lipinski definition) is 13. The standard InChI is InChI=1S/C48H65N4O10PSSi/c1-32(2)52(33(3)4)63(59-28-16-27-49)61-42-40(60-45(43(42)62-65(11,12)47(5,6)7)51-30-34(29-41(53)57-10)44(54)50-46(51)64)31-58-48(35-17-14-13-15-18-35,36-19-23-38(55-8)24-20-36)37-21-25-39(56-9)26-22-37/h13-15,17-26,30,32-33,40,42-43,45H,16,28-29,31H2,1-12H3,(H,50,54,64)/t40-,42-,43-,45-,63?/m1/s1. The summed E-state index contributed by atoms with van der Waals surface area (Å²) in [6.45, 7) is 19.1. The van der Waals surface area contributed by atoms with Gasteiger partial charge in [-0.1, -0.05) is 75.4 Å². The Balaban J connectivity index is 1.78. The molecule has 1 saturated heterocycles. The fourth-order valence-electron chi connectivity index (χ4n) is 7.59. The van der Waals surface area contributed by atoms with Crippen molar-refractivity contribution in [1.82, 2.24) is 14.2 Å². The van der Waals surface area contributed by atoms with Crippen LogP contribution in [-0.4, -0.2) is 93.4 Å². The molecule has 17 heteroatoms. The molecule has 0 aliphatic carbocycles. The number of H-pyrrole nitrogens is 1. The van der Waals surface area contributed by atoms with Crippen LogP contribution in [0.4, 0.5) is 0 Å². The Morgan fingerprint density at radius 1 is 0.908 bits per heavy atom. The lowest BCUT2D eigenvalue weighted by Crippen LogP contribution is -2.50. The molecule has 1 unspecified atom stereocenters. The van der Waals surface area contributed by atoms with Gasteiger partial charge >= 0.3 is 5.97 Å². The predicted octanol–water partition coefficient (Wildman–Crippen LogP) is 9.60. The molecule has 5 rings (SSSR count). The zero-order chi connectivity index (χ0) is 47.7. The van der Waals surface area contributed by atoms with Gasteiger partial charge in [-0.25, -0.2) is 4.67 Å². The average molecular weight is 949 g/mol. The maximum Gasteiger partial charge on any atom is 0.310 e. The largest absolute Gasteiger partial charge is 0.497 e. The Hall–Kier alpha value is -4.27. The van der Waals surface area contributed by atoms with Gasteiger partial charge in [0.1, 0.15) is 35.4 Å². The number of aromatic nitrogens is 2. The first-order chi connectivity index (χ1) is 30.8. The number of benzene rings is 3. The van der Waals surface area contributed by atoms with Crippen molar-refractivity contribution in [2.75, 3.05) is 34.5 Å². The number of nitrogens with one attached hydrogen (secondary N) is 1. The quantitative estimate of drug-likeness (QED) is 0.0211. The van der Waals surface area contributed by atoms with E-state index in [4.69, 9.17) is 49.4 Å². The number of hydrogen-bond donors (Lipinski definition) is 1. The van der Waals surface area contributed by atoms with Gasteiger partial charge in [-0.15, -0.1) is 0 Å². The molecule has 5 atom stereocenters. The number of methoxy groups -OCH3 is 3. The third-order valence-electron chi connectivity index (χ3n) is 11.9. The van der Waals surface area contributed by atoms with Gasteiger partial charge in [0.05, 0.1) is 53.5 Å². The first-order valence-corrected chi connectivity index (χ1v) is 26.2. The second kappa shape index (κ2) is 22.5. The predicted molar refractivity (Wildman–Crippen MR) is 256 cm³/mol. The van der Waals surface area contributed by atoms with E-state index < -0.39 is 58.5 Å². The minimum absolute atomic E-state index is 0.0136. The number of nitriles is 1. The van der Waals surface area contributed by atoms with Crippen molar-refractivity contribution in [2.45, 2.75) is 122 Å². The molecule has 0 bridgehead atoms. The van der Waals surface area contributed by atoms with Gasteiger partial charge < -0.3 is 37.2 Å². The average Bonchev–Trinajstić information content (AvgIpc) is 3.59. The summed E-state index contributed by atoms with van der Waals surface area (Å²) >= 11 is 5.86. The maximum absolute atomic E-state index is 13.3. The van der Waals surface area contributed by atoms with Crippen molar-refractivity contribution in [1.29, 1.82) is 5.26 Å². The number of aromatic amines is 1. The number of nitrogens with zero attached hydrogens (tertiary/aromatic N) is 3. The number of rotatable bonds is 21. The Bertz CT molecular complexity index is 2280. The van der Waals surface area contributed by atoms with Gasteiger partial charge in [-0.05, 0) is 99.0 Å². The van der Waals surface area contributed by atoms with Crippen LogP contribution < -0.4 is 15.0 Å². The van der Waals surface area contributed by atoms with Crippen molar-refractivity contribution in [3.05, 3.63) is 122 Å². The molecule has 1 fully saturated rings. The van der Waals surface area contributed by atoms with Crippen LogP contribution in [0.1, 0.15) is 83.4 Å². The molecule has 2 heterocycles. The molecular weight excluding hydrogens is 884 g/mol. The fraction of sp³-hybridized carbons (Fsp3) is 0.500. The SMILES string of the molecule is COC(=O)Cc1cn([C@@H]2O[C@H](COC(c3ccccc3)(c3ccc(OC)cc3)c3ccc(OC)cc3)[C@@H](OP(OCCC#N)N(C(C)C)C(C)C)[C@H]2O[Si](C)(C)C(C)(C)C)c(=S)[nH]c1=O. The number of ether oxygens (including phenoxy) is 5. The van der Waals surface area contributed by atoms with Crippen LogP contribution >= 0.6 is 20.7 Å². The zero-order valence-electron chi connectivity index (χ0n) is 39.7. The van der Waals surface area contributed by atoms with Crippen molar-refractivity contribution in [3.63, 3.8) is 0 Å². The molecule has 1 aliphatic rings. The summed E-state index contributed by atoms with van der Waals surface area (Å²) in [6.07, 6.45) is -2.18. The summed E-state index contributed by atoms with van der Waals surface area (Å²) in [5, 5.41) is 9.32. The minimum atomic E-state index is -2.69. The monoisotopic (exact) mass is 948 g/mol. The highest BCUT2D eigenvalue weighted by Crippen LogP contribution is 2.52. The zero-order valence-corrected chi connectivity index (χ0v) is 42.4. The molecule has 14 nitrogen and oxygen atoms in total. The Kier molecular flexibility index (Phi) is 17.9. The molecular formula is C48H65N4O10PSSi. The first-order valence-electron chi connectivity index (χ1n) is 21.8. The van der Waals surface area contributed by atoms with Crippen molar-refractivity contribution >= 4 is 35.0 Å². The topological polar surface area (TPSA) is 156 Å². The lowest BCUT2D eigenvalue weighted by Gasteiger charge is -2.42. The highest BCUT2D eigenvalue weighted by molar-refractivity contribution is 7.71. The number of carbonyl (C=O) groups excluding carboxylic acids is 1. The molecule has 1 N–H and O–H groups in total. The van der Waals surface area contributed by atoms with E-state index in [1.54, 1.807) is 18.8 Å². The van der Waals surface area contributed by atoms with E-state index in [2.05, 4.69) is 77.3 Å². The van der Waals surface area contributed by atoms with Gasteiger partial charge in [-0.2, -0.15) is 5.26 Å². The van der Waals surface area contributed by atoms with E-state index in [-0.39, 0.29) is 53.5 Å². The first kappa shape index (κ1) is 51.7. The van der Waals surface area contributed by atoms with E-state index in [1.807, 2.05) is 78.9 Å². The normalized spacial score (nSPS) is 18.5. The molecule has 0 amide bonds. The molecule has 1 aromatic heterocycles. The summed E-state index contributed by atoms with van der Waals surface area (Å²) in [4.78, 5) is 28.6. The lowest BCUT2D eigenvalue weighted by molar-refractivity contribution is -0.139. The second-order valence-corrected chi connectivity index (χ2v) is 24.5. The van der Waals surface area contributed by atoms with Gasteiger partial charge in [0, 0.05) is 23.8 Å². The van der Waals surface area contributed by atoms with Crippen LogP contribution in [0.2, 0.25) is 18.1 Å². The van der Waals surface area contributed by atoms with E-state index in [0.29, 0.717) is 11.5 Å². The maximum atomic E-state index is 13.3. The molecule has 0 saturated carbocycles. The van der Waals surface area contributed by atoms with Gasteiger partial charge in [0.2, 0.25) is 0 Å². The smallest absolute Gasteiger partial charge is 0.310 e. The van der Waals surface area contributed by atoms with Crippen molar-refractivity contribution < 1.29 is 42.0 Å². The van der Waals surface area contributed by atoms with E-state index >= 15 is 0 Å². The Morgan fingerprint density at radius 3 is 1.95 bits per heavy atom. The second-order valence-electron chi connectivity index (χ2n) is 17.9. The molecule has 65 heavy (non-hydrogen) atoms. The van der Waals surface area contributed by atoms with Crippen LogP contribution in [0.3, 0.4) is 0 Å². The van der Waals surface area contributed by atoms with E-state index in [1.165, 1.54) is 13.3 Å². The number of carbonyl (C=O) groups is 1. The van der Waals surface area contributed by atoms with Crippen LogP contribution in [0.5, 0.6) is 11.5 Å². The van der Waals surface area contributed by atoms with E-state index in [0.717, 1.165) is 16.7 Å². The number of esters is 1. The van der Waals surface area contributed by atoms with Crippen LogP contribution in [-0.2, 0) is 44.5 Å². The Labute approximate surface area is 391 Å². The van der Waals surface area contributed by atoms with E-state index in [9.17, 15) is 14.9 Å². The minimum Gasteiger partial charge on any atom is -0.497 e. The van der Waals surface area contributed by atoms with Crippen molar-refractivity contribution in [3.8, 4) is 17.6 Å². The van der Waals surface area contributed by atoms with Crippen LogP contribution in [0, 0.1) is 16.1 Å². The van der Waals surface area contributed by atoms with Gasteiger partial charge in [0.15, 0.2) is 19.3 Å². The summed E-state index contributed by atoms with van der Waals surface area (Å²) in [5.41, 5.74) is 0.874. The third-order valence-corrected chi connectivity index (χ3v) is 18.8. The Morgan fingerprint density at radius 2 is 1.46 bits per heavy atom. The molecule has 4 aromatic rings. The molecule has 0 spiro atoms. The third kappa shape index (κ3) is 12.0. The summed E-state index contributed by atoms with van der Waals surface area (Å²) in [5.74, 6) is 0.769. The highest BCUT2D eigenvalue weighted by Gasteiger charge is 2.54. The molecule has 3 aromatic carbocycles.